The van der Waals surface area contributed by atoms with Gasteiger partial charge in [-0.1, -0.05) is 18.2 Å². The molecule has 5 rings (SSSR count). The predicted molar refractivity (Wildman–Crippen MR) is 146 cm³/mol. The molecule has 0 saturated carbocycles. The number of urea groups is 1. The first-order chi connectivity index (χ1) is 19.1. The fourth-order valence-electron chi connectivity index (χ4n) is 5.53. The third-order valence-corrected chi connectivity index (χ3v) is 8.52. The molecule has 1 aromatic heterocycles. The Morgan fingerprint density at radius 3 is 2.60 bits per heavy atom. The van der Waals surface area contributed by atoms with Crippen LogP contribution in [0, 0.1) is 5.82 Å². The summed E-state index contributed by atoms with van der Waals surface area (Å²) in [6.45, 7) is 4.03. The Bertz CT molecular complexity index is 1380. The maximum Gasteiger partial charge on any atom is 0.416 e. The second kappa shape index (κ2) is 11.6. The fraction of sp³-hybridized carbons (Fsp3) is 0.379. The number of fused-ring (bicyclic) bond motifs is 1. The summed E-state index contributed by atoms with van der Waals surface area (Å²) in [4.78, 5) is 32.8. The summed E-state index contributed by atoms with van der Waals surface area (Å²) >= 11 is 1.70. The van der Waals surface area contributed by atoms with Crippen LogP contribution in [0.4, 0.5) is 28.0 Å². The van der Waals surface area contributed by atoms with E-state index in [2.05, 4.69) is 21.7 Å². The third-order valence-electron chi connectivity index (χ3n) is 7.53. The zero-order valence-electron chi connectivity index (χ0n) is 22.0. The topological polar surface area (TPSA) is 55.9 Å². The Labute approximate surface area is 234 Å². The van der Waals surface area contributed by atoms with E-state index >= 15 is 0 Å². The maximum atomic E-state index is 14.1. The molecule has 2 aliphatic heterocycles. The van der Waals surface area contributed by atoms with Gasteiger partial charge in [-0.25, -0.2) is 9.18 Å². The molecule has 40 heavy (non-hydrogen) atoms. The van der Waals surface area contributed by atoms with Crippen molar-refractivity contribution in [3.63, 3.8) is 0 Å². The predicted octanol–water partition coefficient (Wildman–Crippen LogP) is 6.01. The van der Waals surface area contributed by atoms with Crippen LogP contribution in [0.2, 0.25) is 0 Å². The number of alkyl halides is 3. The van der Waals surface area contributed by atoms with E-state index in [1.807, 2.05) is 13.0 Å². The van der Waals surface area contributed by atoms with Crippen molar-refractivity contribution in [3.05, 3.63) is 87.4 Å². The van der Waals surface area contributed by atoms with Gasteiger partial charge in [0.25, 0.3) is 0 Å². The van der Waals surface area contributed by atoms with E-state index in [-0.39, 0.29) is 42.5 Å². The smallest absolute Gasteiger partial charge is 0.339 e. The number of halogens is 4. The van der Waals surface area contributed by atoms with Gasteiger partial charge >= 0.3 is 12.2 Å². The summed E-state index contributed by atoms with van der Waals surface area (Å²) in [5.41, 5.74) is 1.25. The summed E-state index contributed by atoms with van der Waals surface area (Å²) in [6.07, 6.45) is -3.34. The van der Waals surface area contributed by atoms with E-state index in [1.54, 1.807) is 28.4 Å². The molecule has 1 fully saturated rings. The Morgan fingerprint density at radius 2 is 1.85 bits per heavy atom. The molecule has 3 aromatic rings. The summed E-state index contributed by atoms with van der Waals surface area (Å²) in [5.74, 6) is -0.321. The normalized spacial score (nSPS) is 19.8. The number of carbonyl (C=O) groups excluding carboxylic acids is 2. The highest BCUT2D eigenvalue weighted by Gasteiger charge is 2.34. The minimum absolute atomic E-state index is 0.0288. The zero-order valence-corrected chi connectivity index (χ0v) is 22.8. The van der Waals surface area contributed by atoms with Crippen molar-refractivity contribution >= 4 is 29.0 Å². The Hall–Kier alpha value is -3.44. The van der Waals surface area contributed by atoms with Crippen molar-refractivity contribution in [1.82, 2.24) is 14.7 Å². The molecule has 0 aliphatic carbocycles. The van der Waals surface area contributed by atoms with Gasteiger partial charge in [0.05, 0.1) is 11.6 Å². The molecule has 1 N–H and O–H groups in total. The average Bonchev–Trinajstić information content (AvgIpc) is 3.40. The minimum Gasteiger partial charge on any atom is -0.339 e. The number of carbonyl (C=O) groups is 2. The third kappa shape index (κ3) is 6.15. The molecule has 0 radical (unpaired) electrons. The lowest BCUT2D eigenvalue weighted by molar-refractivity contribution is -0.137. The second-order valence-corrected chi connectivity index (χ2v) is 11.2. The van der Waals surface area contributed by atoms with E-state index in [4.69, 9.17) is 0 Å². The van der Waals surface area contributed by atoms with Gasteiger partial charge in [0.1, 0.15) is 5.82 Å². The van der Waals surface area contributed by atoms with Gasteiger partial charge < -0.3 is 15.1 Å². The highest BCUT2D eigenvalue weighted by molar-refractivity contribution is 7.10. The molecule has 212 valence electrons. The van der Waals surface area contributed by atoms with Gasteiger partial charge in [-0.2, -0.15) is 13.2 Å². The molecule has 2 aliphatic rings. The highest BCUT2D eigenvalue weighted by atomic mass is 32.1. The van der Waals surface area contributed by atoms with E-state index in [0.717, 1.165) is 36.2 Å². The van der Waals surface area contributed by atoms with Crippen LogP contribution in [-0.4, -0.2) is 65.4 Å². The first-order valence-corrected chi connectivity index (χ1v) is 14.1. The highest BCUT2D eigenvalue weighted by Crippen LogP contribution is 2.38. The molecule has 2 atom stereocenters. The lowest BCUT2D eigenvalue weighted by Gasteiger charge is -2.40. The number of benzene rings is 2. The van der Waals surface area contributed by atoms with E-state index in [1.165, 1.54) is 28.0 Å². The SMILES string of the molecule is CC1CN(C(=O)CCN2CCc3sccc3C2c2cccc(F)c2)CCN1C(=O)Nc1cccc(C(F)(F)F)c1. The lowest BCUT2D eigenvalue weighted by Crippen LogP contribution is -2.56. The Kier molecular flexibility index (Phi) is 8.14. The van der Waals surface area contributed by atoms with E-state index in [0.29, 0.717) is 19.6 Å². The van der Waals surface area contributed by atoms with Crippen LogP contribution in [0.1, 0.15) is 41.0 Å². The molecule has 11 heteroatoms. The van der Waals surface area contributed by atoms with Crippen LogP contribution >= 0.6 is 11.3 Å². The number of nitrogens with one attached hydrogen (secondary N) is 1. The van der Waals surface area contributed by atoms with Gasteiger partial charge in [0, 0.05) is 55.8 Å². The molecule has 1 saturated heterocycles. The van der Waals surface area contributed by atoms with Crippen LogP contribution in [-0.2, 0) is 17.4 Å². The largest absolute Gasteiger partial charge is 0.416 e. The lowest BCUT2D eigenvalue weighted by atomic mass is 9.93. The number of hydrogen-bond acceptors (Lipinski definition) is 4. The van der Waals surface area contributed by atoms with Crippen molar-refractivity contribution < 1.29 is 27.2 Å². The van der Waals surface area contributed by atoms with Gasteiger partial charge in [0.15, 0.2) is 0 Å². The van der Waals surface area contributed by atoms with Crippen LogP contribution < -0.4 is 5.32 Å². The number of piperazine rings is 1. The first-order valence-electron chi connectivity index (χ1n) is 13.2. The van der Waals surface area contributed by atoms with Gasteiger partial charge in [-0.05, 0) is 66.2 Å². The molecular formula is C29H30F4N4O2S. The number of rotatable bonds is 5. The van der Waals surface area contributed by atoms with Crippen LogP contribution in [0.15, 0.2) is 60.0 Å². The van der Waals surface area contributed by atoms with Gasteiger partial charge in [0.2, 0.25) is 5.91 Å². The van der Waals surface area contributed by atoms with E-state index in [9.17, 15) is 27.2 Å². The van der Waals surface area contributed by atoms with Crippen LogP contribution in [0.25, 0.3) is 0 Å². The quantitative estimate of drug-likeness (QED) is 0.380. The van der Waals surface area contributed by atoms with Crippen molar-refractivity contribution in [2.75, 3.05) is 38.0 Å². The number of amides is 3. The fourth-order valence-corrected chi connectivity index (χ4v) is 6.43. The summed E-state index contributed by atoms with van der Waals surface area (Å²) in [6, 6.07) is 12.3. The number of nitrogens with zero attached hydrogens (tertiary/aromatic N) is 3. The molecule has 2 aromatic carbocycles. The molecule has 3 amide bonds. The average molecular weight is 575 g/mol. The zero-order chi connectivity index (χ0) is 28.4. The number of thiophene rings is 1. The van der Waals surface area contributed by atoms with Gasteiger partial charge in [-0.3, -0.25) is 9.69 Å². The van der Waals surface area contributed by atoms with Crippen LogP contribution in [0.5, 0.6) is 0 Å². The second-order valence-electron chi connectivity index (χ2n) is 10.2. The molecule has 0 spiro atoms. The van der Waals surface area contributed by atoms with Crippen molar-refractivity contribution in [2.24, 2.45) is 0 Å². The molecule has 2 unspecified atom stereocenters. The maximum absolute atomic E-state index is 14.1. The number of hydrogen-bond donors (Lipinski definition) is 1. The first kappa shape index (κ1) is 28.1. The van der Waals surface area contributed by atoms with Crippen LogP contribution in [0.3, 0.4) is 0 Å². The number of anilines is 1. The summed E-state index contributed by atoms with van der Waals surface area (Å²) < 4.78 is 53.1. The summed E-state index contributed by atoms with van der Waals surface area (Å²) in [7, 11) is 0. The molecule has 3 heterocycles. The summed E-state index contributed by atoms with van der Waals surface area (Å²) in [5, 5.41) is 4.60. The van der Waals surface area contributed by atoms with Crippen molar-refractivity contribution in [3.8, 4) is 0 Å². The monoisotopic (exact) mass is 574 g/mol. The van der Waals surface area contributed by atoms with Crippen molar-refractivity contribution in [1.29, 1.82) is 0 Å². The van der Waals surface area contributed by atoms with Crippen molar-refractivity contribution in [2.45, 2.75) is 38.0 Å². The standard InChI is InChI=1S/C29H30F4N4O2S/c1-19-18-36(13-14-37(19)28(39)34-23-7-3-5-21(17-23)29(31,32)33)26(38)9-12-35-11-8-25-24(10-15-40-25)27(35)20-4-2-6-22(30)16-20/h2-7,10,15-17,19,27H,8-9,11-14,18H2,1H3,(H,34,39). The van der Waals surface area contributed by atoms with E-state index < -0.39 is 17.8 Å². The molecule has 6 nitrogen and oxygen atoms in total. The molecular weight excluding hydrogens is 544 g/mol. The molecule has 0 bridgehead atoms. The Morgan fingerprint density at radius 1 is 1.05 bits per heavy atom. The van der Waals surface area contributed by atoms with Gasteiger partial charge in [-0.15, -0.1) is 11.3 Å². The Balaban J connectivity index is 1.18. The minimum atomic E-state index is -4.50.